The molecule has 0 fully saturated rings. The van der Waals surface area contributed by atoms with Crippen LogP contribution >= 0.6 is 0 Å². The van der Waals surface area contributed by atoms with Gasteiger partial charge in [0.2, 0.25) is 5.88 Å². The Morgan fingerprint density at radius 3 is 3.19 bits per heavy atom. The molecule has 84 valence electrons. The standard InChI is InChI=1S/C13H15NO2/c1-3-16-11(2)14-9-8-12-6-4-5-7-13(12)10-15/h4-5,7-10H,2-3,6H2,1H3/b12-8+,14-9?. The molecule has 0 spiro atoms. The minimum absolute atomic E-state index is 0.377. The summed E-state index contributed by atoms with van der Waals surface area (Å²) in [6.45, 7) is 6.04. The zero-order chi connectivity index (χ0) is 11.8. The van der Waals surface area contributed by atoms with Crippen molar-refractivity contribution in [3.05, 3.63) is 47.9 Å². The molecule has 1 aliphatic carbocycles. The average Bonchev–Trinajstić information content (AvgIpc) is 2.30. The van der Waals surface area contributed by atoms with Gasteiger partial charge in [0.05, 0.1) is 6.61 Å². The molecule has 0 saturated carbocycles. The largest absolute Gasteiger partial charge is 0.478 e. The SMILES string of the molecule is C=C(N=C/C=C1\CC=CC=C1C=O)OCC. The molecule has 0 aromatic carbocycles. The number of ether oxygens (including phenoxy) is 1. The molecule has 0 radical (unpaired) electrons. The molecule has 0 N–H and O–H groups in total. The lowest BCUT2D eigenvalue weighted by molar-refractivity contribution is -0.104. The monoisotopic (exact) mass is 217 g/mol. The highest BCUT2D eigenvalue weighted by Gasteiger charge is 2.03. The van der Waals surface area contributed by atoms with Crippen LogP contribution in [0.25, 0.3) is 0 Å². The van der Waals surface area contributed by atoms with Gasteiger partial charge in [-0.1, -0.05) is 18.2 Å². The zero-order valence-electron chi connectivity index (χ0n) is 9.35. The van der Waals surface area contributed by atoms with E-state index in [1.54, 1.807) is 18.4 Å². The van der Waals surface area contributed by atoms with Crippen molar-refractivity contribution in [2.24, 2.45) is 4.99 Å². The van der Waals surface area contributed by atoms with Crippen molar-refractivity contribution in [1.29, 1.82) is 0 Å². The topological polar surface area (TPSA) is 38.7 Å². The van der Waals surface area contributed by atoms with Crippen LogP contribution in [-0.2, 0) is 9.53 Å². The van der Waals surface area contributed by atoms with Gasteiger partial charge in [0.25, 0.3) is 0 Å². The number of carbonyl (C=O) groups is 1. The molecule has 1 aliphatic rings. The molecule has 0 aliphatic heterocycles. The Hall–Kier alpha value is -1.90. The molecule has 0 saturated heterocycles. The molecular weight excluding hydrogens is 202 g/mol. The second-order valence-electron chi connectivity index (χ2n) is 3.17. The Kier molecular flexibility index (Phi) is 4.99. The fraction of sp³-hybridized carbons (Fsp3) is 0.231. The first kappa shape index (κ1) is 12.2. The second-order valence-corrected chi connectivity index (χ2v) is 3.17. The van der Waals surface area contributed by atoms with Crippen molar-refractivity contribution >= 4 is 12.5 Å². The Morgan fingerprint density at radius 1 is 1.69 bits per heavy atom. The molecule has 16 heavy (non-hydrogen) atoms. The normalized spacial score (nSPS) is 17.6. The first-order valence-corrected chi connectivity index (χ1v) is 5.15. The van der Waals surface area contributed by atoms with Crippen molar-refractivity contribution in [3.8, 4) is 0 Å². The fourth-order valence-corrected chi connectivity index (χ4v) is 1.29. The Bertz CT molecular complexity index is 387. The minimum Gasteiger partial charge on any atom is -0.478 e. The third-order valence-corrected chi connectivity index (χ3v) is 2.05. The number of hydrogen-bond acceptors (Lipinski definition) is 3. The van der Waals surface area contributed by atoms with E-state index in [4.69, 9.17) is 4.74 Å². The van der Waals surface area contributed by atoms with E-state index in [1.807, 2.05) is 19.1 Å². The predicted octanol–water partition coefficient (Wildman–Crippen LogP) is 2.58. The van der Waals surface area contributed by atoms with Gasteiger partial charge < -0.3 is 4.74 Å². The fourth-order valence-electron chi connectivity index (χ4n) is 1.29. The minimum atomic E-state index is 0.377. The molecule has 0 heterocycles. The third kappa shape index (κ3) is 3.69. The van der Waals surface area contributed by atoms with Crippen LogP contribution in [-0.4, -0.2) is 19.1 Å². The van der Waals surface area contributed by atoms with Crippen LogP contribution in [0.4, 0.5) is 0 Å². The molecule has 0 bridgehead atoms. The zero-order valence-corrected chi connectivity index (χ0v) is 9.35. The maximum Gasteiger partial charge on any atom is 0.205 e. The van der Waals surface area contributed by atoms with Crippen LogP contribution in [0.3, 0.4) is 0 Å². The molecule has 1 rings (SSSR count). The van der Waals surface area contributed by atoms with Gasteiger partial charge in [-0.2, -0.15) is 0 Å². The third-order valence-electron chi connectivity index (χ3n) is 2.05. The van der Waals surface area contributed by atoms with Crippen molar-refractivity contribution in [3.63, 3.8) is 0 Å². The van der Waals surface area contributed by atoms with Gasteiger partial charge in [-0.05, 0) is 31.6 Å². The quantitative estimate of drug-likeness (QED) is 0.403. The highest BCUT2D eigenvalue weighted by atomic mass is 16.5. The predicted molar refractivity (Wildman–Crippen MR) is 65.2 cm³/mol. The number of allylic oxidation sites excluding steroid dienone is 6. The van der Waals surface area contributed by atoms with Gasteiger partial charge in [-0.15, -0.1) is 0 Å². The number of aldehydes is 1. The summed E-state index contributed by atoms with van der Waals surface area (Å²) in [5.74, 6) is 0.377. The van der Waals surface area contributed by atoms with Crippen LogP contribution in [0.2, 0.25) is 0 Å². The van der Waals surface area contributed by atoms with E-state index in [2.05, 4.69) is 11.6 Å². The van der Waals surface area contributed by atoms with Gasteiger partial charge in [-0.3, -0.25) is 4.79 Å². The van der Waals surface area contributed by atoms with E-state index in [1.165, 1.54) is 0 Å². The van der Waals surface area contributed by atoms with Crippen LogP contribution in [0.1, 0.15) is 13.3 Å². The lowest BCUT2D eigenvalue weighted by atomic mass is 9.99. The summed E-state index contributed by atoms with van der Waals surface area (Å²) in [4.78, 5) is 14.7. The van der Waals surface area contributed by atoms with Gasteiger partial charge in [0, 0.05) is 11.8 Å². The van der Waals surface area contributed by atoms with Gasteiger partial charge in [0.15, 0.2) is 0 Å². The van der Waals surface area contributed by atoms with Crippen molar-refractivity contribution in [1.82, 2.24) is 0 Å². The number of nitrogens with zero attached hydrogens (tertiary/aromatic N) is 1. The molecule has 3 heteroatoms. The van der Waals surface area contributed by atoms with Crippen LogP contribution in [0.5, 0.6) is 0 Å². The summed E-state index contributed by atoms with van der Waals surface area (Å²) in [7, 11) is 0. The summed E-state index contributed by atoms with van der Waals surface area (Å²) >= 11 is 0. The maximum absolute atomic E-state index is 10.7. The van der Waals surface area contributed by atoms with E-state index in [0.29, 0.717) is 18.1 Å². The van der Waals surface area contributed by atoms with E-state index in [9.17, 15) is 4.79 Å². The average molecular weight is 217 g/mol. The Labute approximate surface area is 95.5 Å². The summed E-state index contributed by atoms with van der Waals surface area (Å²) in [6.07, 6.45) is 10.6. The maximum atomic E-state index is 10.7. The highest BCUT2D eigenvalue weighted by molar-refractivity contribution is 5.85. The highest BCUT2D eigenvalue weighted by Crippen LogP contribution is 2.16. The van der Waals surface area contributed by atoms with Crippen molar-refractivity contribution in [2.75, 3.05) is 6.61 Å². The Balaban J connectivity index is 2.64. The number of hydrogen-bond donors (Lipinski definition) is 0. The van der Waals surface area contributed by atoms with E-state index in [0.717, 1.165) is 18.3 Å². The molecular formula is C13H15NO2. The molecule has 0 aromatic rings. The van der Waals surface area contributed by atoms with Crippen LogP contribution < -0.4 is 0 Å². The van der Waals surface area contributed by atoms with Crippen molar-refractivity contribution in [2.45, 2.75) is 13.3 Å². The van der Waals surface area contributed by atoms with E-state index < -0.39 is 0 Å². The molecule has 0 amide bonds. The number of aliphatic imine (C=N–C) groups is 1. The van der Waals surface area contributed by atoms with Gasteiger partial charge in [-0.25, -0.2) is 4.99 Å². The summed E-state index contributed by atoms with van der Waals surface area (Å²) in [5, 5.41) is 0. The molecule has 0 unspecified atom stereocenters. The number of carbonyl (C=O) groups excluding carboxylic acids is 1. The van der Waals surface area contributed by atoms with Crippen LogP contribution in [0.15, 0.2) is 52.9 Å². The lowest BCUT2D eigenvalue weighted by Gasteiger charge is -2.06. The Morgan fingerprint density at radius 2 is 2.50 bits per heavy atom. The first-order valence-electron chi connectivity index (χ1n) is 5.15. The van der Waals surface area contributed by atoms with E-state index in [-0.39, 0.29) is 0 Å². The molecule has 0 aromatic heterocycles. The number of rotatable bonds is 5. The molecule has 0 atom stereocenters. The molecule has 3 nitrogen and oxygen atoms in total. The summed E-state index contributed by atoms with van der Waals surface area (Å²) < 4.78 is 5.06. The van der Waals surface area contributed by atoms with Crippen molar-refractivity contribution < 1.29 is 9.53 Å². The lowest BCUT2D eigenvalue weighted by Crippen LogP contribution is -1.94. The smallest absolute Gasteiger partial charge is 0.205 e. The van der Waals surface area contributed by atoms with Gasteiger partial charge in [0.1, 0.15) is 6.29 Å². The van der Waals surface area contributed by atoms with E-state index >= 15 is 0 Å². The summed E-state index contributed by atoms with van der Waals surface area (Å²) in [5.41, 5.74) is 1.64. The summed E-state index contributed by atoms with van der Waals surface area (Å²) in [6, 6.07) is 0. The van der Waals surface area contributed by atoms with Crippen LogP contribution in [0, 0.1) is 0 Å². The van der Waals surface area contributed by atoms with Gasteiger partial charge >= 0.3 is 0 Å². The second kappa shape index (κ2) is 6.56. The first-order chi connectivity index (χ1) is 7.77.